The minimum Gasteiger partial charge on any atom is -0.496 e. The highest BCUT2D eigenvalue weighted by atomic mass is 32.1. The first-order valence-electron chi connectivity index (χ1n) is 18.9. The van der Waals surface area contributed by atoms with Crippen molar-refractivity contribution in [3.05, 3.63) is 129 Å². The lowest BCUT2D eigenvalue weighted by atomic mass is 10.0. The molecule has 1 saturated heterocycles. The van der Waals surface area contributed by atoms with Crippen molar-refractivity contribution in [2.24, 2.45) is 0 Å². The highest BCUT2D eigenvalue weighted by Crippen LogP contribution is 2.41. The average molecular weight is 811 g/mol. The van der Waals surface area contributed by atoms with E-state index in [-0.39, 0.29) is 32.0 Å². The summed E-state index contributed by atoms with van der Waals surface area (Å²) in [6, 6.07) is 23.8. The third-order valence-electron chi connectivity index (χ3n) is 11.4. The molecule has 1 aliphatic heterocycles. The van der Waals surface area contributed by atoms with E-state index in [1.54, 1.807) is 20.9 Å². The van der Waals surface area contributed by atoms with Gasteiger partial charge in [-0.25, -0.2) is 9.18 Å². The van der Waals surface area contributed by atoms with Gasteiger partial charge in [-0.15, -0.1) is 4.80 Å². The summed E-state index contributed by atoms with van der Waals surface area (Å²) >= 11 is 1.19. The van der Waals surface area contributed by atoms with E-state index in [9.17, 15) is 19.2 Å². The Hall–Kier alpha value is -5.22. The smallest absolute Gasteiger partial charge is 0.332 e. The molecule has 3 aromatic heterocycles. The van der Waals surface area contributed by atoms with Gasteiger partial charge in [0.15, 0.2) is 0 Å². The second-order valence-corrected chi connectivity index (χ2v) is 20.6. The van der Waals surface area contributed by atoms with Gasteiger partial charge in [-0.3, -0.25) is 18.7 Å². The van der Waals surface area contributed by atoms with Crippen molar-refractivity contribution in [1.82, 2.24) is 29.0 Å². The van der Waals surface area contributed by atoms with Crippen molar-refractivity contribution in [2.45, 2.75) is 70.2 Å². The Kier molecular flexibility index (Phi) is 11.0. The van der Waals surface area contributed by atoms with Crippen LogP contribution in [0, 0.1) is 12.7 Å². The van der Waals surface area contributed by atoms with Crippen LogP contribution in [0.1, 0.15) is 57.3 Å². The minimum atomic E-state index is -3.30. The SMILES string of the molecule is COc1ccc(F)cc1[C@H](Cn1c(=O)n([C@]2(C)CC(=O)N(C)C2)c(=O)c2c(C)c(-n3nccn3)sc21)OCCCC(C)(C)[Si](O)(c1ccccc1)c1ccccc1. The molecule has 7 rings (SSSR count). The van der Waals surface area contributed by atoms with Crippen molar-refractivity contribution >= 4 is 46.2 Å². The molecule has 0 aliphatic carbocycles. The molecular formula is C42H47FN6O6SSi. The predicted octanol–water partition coefficient (Wildman–Crippen LogP) is 4.91. The Balaban J connectivity index is 1.29. The van der Waals surface area contributed by atoms with Gasteiger partial charge in [-0.2, -0.15) is 10.2 Å². The maximum absolute atomic E-state index is 15.1. The first kappa shape index (κ1) is 40.0. The monoisotopic (exact) mass is 810 g/mol. The average Bonchev–Trinajstić information content (AvgIpc) is 3.92. The second-order valence-electron chi connectivity index (χ2n) is 15.7. The largest absolute Gasteiger partial charge is 0.496 e. The number of aromatic nitrogens is 5. The lowest BCUT2D eigenvalue weighted by molar-refractivity contribution is -0.126. The van der Waals surface area contributed by atoms with Gasteiger partial charge >= 0.3 is 5.69 Å². The van der Waals surface area contributed by atoms with E-state index < -0.39 is 42.1 Å². The predicted molar refractivity (Wildman–Crippen MR) is 221 cm³/mol. The number of carbonyl (C=O) groups is 1. The molecule has 12 nitrogen and oxygen atoms in total. The first-order chi connectivity index (χ1) is 27.2. The quantitative estimate of drug-likeness (QED) is 0.121. The van der Waals surface area contributed by atoms with Crippen molar-refractivity contribution in [3.63, 3.8) is 0 Å². The van der Waals surface area contributed by atoms with E-state index in [4.69, 9.17) is 9.47 Å². The first-order valence-corrected chi connectivity index (χ1v) is 21.6. The number of fused-ring (bicyclic) bond motifs is 1. The fourth-order valence-electron chi connectivity index (χ4n) is 8.34. The molecule has 57 heavy (non-hydrogen) atoms. The number of thiophene rings is 1. The van der Waals surface area contributed by atoms with Crippen LogP contribution in [0.15, 0.2) is 101 Å². The standard InChI is InChI=1S/C42H47FN6O6SSi/c1-28-36-37(51)48(42(4)25-35(50)46(5)27-42)40(52)47(39(36)56-38(28)49-44-21-22-45-49)26-34(32-24-29(43)18-19-33(32)54-6)55-23-13-20-41(2,3)57(53,30-14-9-7-10-15-30)31-16-11-8-12-17-31/h7-12,14-19,21-22,24,34,53H,13,20,23,25-27H2,1-6H3/t34-,42+/m0/s1. The van der Waals surface area contributed by atoms with Gasteiger partial charge in [0.1, 0.15) is 27.5 Å². The summed E-state index contributed by atoms with van der Waals surface area (Å²) in [6.45, 7) is 7.95. The number of hydrogen-bond donors (Lipinski definition) is 1. The highest BCUT2D eigenvalue weighted by molar-refractivity contribution is 7.21. The molecule has 0 spiro atoms. The zero-order valence-corrected chi connectivity index (χ0v) is 34.8. The number of aryl methyl sites for hydroxylation is 1. The van der Waals surface area contributed by atoms with Crippen LogP contribution in [0.25, 0.3) is 15.2 Å². The lowest BCUT2D eigenvalue weighted by Crippen LogP contribution is -2.65. The Morgan fingerprint density at radius 3 is 2.21 bits per heavy atom. The van der Waals surface area contributed by atoms with Gasteiger partial charge in [0.25, 0.3) is 13.9 Å². The second kappa shape index (κ2) is 15.6. The van der Waals surface area contributed by atoms with Gasteiger partial charge < -0.3 is 19.2 Å². The van der Waals surface area contributed by atoms with Crippen molar-refractivity contribution in [3.8, 4) is 10.8 Å². The number of halogens is 1. The zero-order valence-electron chi connectivity index (χ0n) is 32.9. The molecule has 298 valence electrons. The minimum absolute atomic E-state index is 0.0318. The van der Waals surface area contributed by atoms with Gasteiger partial charge in [-0.1, -0.05) is 85.8 Å². The summed E-state index contributed by atoms with van der Waals surface area (Å²) in [6.07, 6.45) is 3.22. The van der Waals surface area contributed by atoms with E-state index in [1.807, 2.05) is 60.7 Å². The van der Waals surface area contributed by atoms with E-state index in [0.717, 1.165) is 10.4 Å². The number of methoxy groups -OCH3 is 1. The molecule has 1 fully saturated rings. The summed E-state index contributed by atoms with van der Waals surface area (Å²) in [4.78, 5) is 58.2. The Bertz CT molecular complexity index is 2480. The maximum atomic E-state index is 15.1. The third-order valence-corrected chi connectivity index (χ3v) is 17.2. The van der Waals surface area contributed by atoms with Gasteiger partial charge in [0.2, 0.25) is 5.91 Å². The molecule has 1 N–H and O–H groups in total. The molecular weight excluding hydrogens is 764 g/mol. The molecule has 0 unspecified atom stereocenters. The number of benzene rings is 3. The van der Waals surface area contributed by atoms with E-state index in [1.165, 1.54) is 67.9 Å². The molecule has 6 aromatic rings. The van der Waals surface area contributed by atoms with Crippen LogP contribution in [0.2, 0.25) is 5.04 Å². The molecule has 4 heterocycles. The summed E-state index contributed by atoms with van der Waals surface area (Å²) in [5.74, 6) is -0.320. The number of likely N-dealkylation sites (N-methyl/N-ethyl adjacent to an activating group) is 1. The fraction of sp³-hybridized carbons (Fsp3) is 0.357. The van der Waals surface area contributed by atoms with Crippen LogP contribution in [-0.2, 0) is 21.6 Å². The van der Waals surface area contributed by atoms with E-state index >= 15 is 4.39 Å². The number of amides is 1. The van der Waals surface area contributed by atoms with Crippen molar-refractivity contribution in [2.75, 3.05) is 27.3 Å². The number of carbonyl (C=O) groups excluding carboxylic acids is 1. The van der Waals surface area contributed by atoms with Crippen LogP contribution >= 0.6 is 11.3 Å². The summed E-state index contributed by atoms with van der Waals surface area (Å²) in [5, 5.41) is 10.7. The molecule has 1 amide bonds. The maximum Gasteiger partial charge on any atom is 0.332 e. The molecule has 15 heteroatoms. The van der Waals surface area contributed by atoms with Crippen molar-refractivity contribution < 1.29 is 23.5 Å². The fourth-order valence-corrected chi connectivity index (χ4v) is 13.3. The molecule has 0 radical (unpaired) electrons. The van der Waals surface area contributed by atoms with Crippen LogP contribution in [0.5, 0.6) is 5.75 Å². The van der Waals surface area contributed by atoms with Gasteiger partial charge in [0, 0.05) is 31.3 Å². The summed E-state index contributed by atoms with van der Waals surface area (Å²) in [7, 11) is -0.164. The van der Waals surface area contributed by atoms with E-state index in [2.05, 4.69) is 24.0 Å². The molecule has 0 saturated carbocycles. The van der Waals surface area contributed by atoms with Crippen molar-refractivity contribution in [1.29, 1.82) is 0 Å². The zero-order chi connectivity index (χ0) is 40.7. The van der Waals surface area contributed by atoms with E-state index in [0.29, 0.717) is 44.9 Å². The normalized spacial score (nSPS) is 16.8. The number of hydrogen-bond acceptors (Lipinski definition) is 9. The lowest BCUT2D eigenvalue weighted by Gasteiger charge is -2.41. The van der Waals surface area contributed by atoms with Crippen LogP contribution < -0.4 is 26.4 Å². The van der Waals surface area contributed by atoms with Crippen LogP contribution in [0.3, 0.4) is 0 Å². The van der Waals surface area contributed by atoms with Crippen LogP contribution in [0.4, 0.5) is 4.39 Å². The highest BCUT2D eigenvalue weighted by Gasteiger charge is 2.49. The van der Waals surface area contributed by atoms with Gasteiger partial charge in [-0.05, 0) is 60.3 Å². The number of rotatable bonds is 14. The Morgan fingerprint density at radius 2 is 1.63 bits per heavy atom. The number of ether oxygens (including phenoxy) is 2. The molecule has 1 aliphatic rings. The molecule has 3 aromatic carbocycles. The topological polar surface area (TPSA) is 134 Å². The number of nitrogens with zero attached hydrogens (tertiary/aromatic N) is 6. The third kappa shape index (κ3) is 7.17. The molecule has 2 atom stereocenters. The summed E-state index contributed by atoms with van der Waals surface area (Å²) in [5.41, 5.74) is -1.30. The Morgan fingerprint density at radius 1 is 1.00 bits per heavy atom. The Labute approximate surface area is 334 Å². The molecule has 0 bridgehead atoms. The summed E-state index contributed by atoms with van der Waals surface area (Å²) < 4.78 is 30.1. The van der Waals surface area contributed by atoms with Gasteiger partial charge in [0.05, 0.1) is 43.4 Å². The van der Waals surface area contributed by atoms with Crippen LogP contribution in [-0.4, -0.2) is 75.4 Å². The number of likely N-dealkylation sites (tertiary alicyclic amines) is 1.